The van der Waals surface area contributed by atoms with Crippen LogP contribution in [-0.4, -0.2) is 19.5 Å². The van der Waals surface area contributed by atoms with Gasteiger partial charge in [-0.15, -0.1) is 0 Å². The first kappa shape index (κ1) is 16.0. The van der Waals surface area contributed by atoms with E-state index in [1.54, 1.807) is 6.07 Å². The molecule has 2 aromatic heterocycles. The molecule has 0 saturated heterocycles. The SMILES string of the molecule is Cc1nc(C#Cc2nc(-c3ccccc3)cn2C)nc2ccc(F)cc12. The summed E-state index contributed by atoms with van der Waals surface area (Å²) in [4.78, 5) is 13.3. The average Bonchev–Trinajstić information content (AvgIpc) is 3.02. The van der Waals surface area contributed by atoms with Crippen LogP contribution in [0.25, 0.3) is 22.2 Å². The van der Waals surface area contributed by atoms with Gasteiger partial charge in [0.1, 0.15) is 5.82 Å². The zero-order valence-electron chi connectivity index (χ0n) is 14.4. The standard InChI is InChI=1S/C21H15FN4/c1-14-17-12-16(22)8-9-18(17)24-20(23-14)10-11-21-25-19(13-26(21)2)15-6-4-3-5-7-15/h3-9,12-13H,1-2H3. The Balaban J connectivity index is 1.71. The Kier molecular flexibility index (Phi) is 3.94. The molecule has 4 rings (SSSR count). The molecule has 5 heteroatoms. The Morgan fingerprint density at radius 2 is 1.77 bits per heavy atom. The van der Waals surface area contributed by atoms with Crippen LogP contribution in [0.1, 0.15) is 17.3 Å². The van der Waals surface area contributed by atoms with Crippen LogP contribution in [0.2, 0.25) is 0 Å². The van der Waals surface area contributed by atoms with E-state index in [4.69, 9.17) is 0 Å². The summed E-state index contributed by atoms with van der Waals surface area (Å²) in [5, 5.41) is 0.693. The Labute approximate surface area is 150 Å². The van der Waals surface area contributed by atoms with E-state index in [9.17, 15) is 4.39 Å². The molecule has 0 aliphatic carbocycles. The van der Waals surface area contributed by atoms with Gasteiger partial charge in [0.05, 0.1) is 11.2 Å². The van der Waals surface area contributed by atoms with Gasteiger partial charge in [-0.05, 0) is 37.0 Å². The Bertz CT molecular complexity index is 1170. The Hall–Kier alpha value is -3.52. The summed E-state index contributed by atoms with van der Waals surface area (Å²) in [5.74, 6) is 6.71. The zero-order chi connectivity index (χ0) is 18.1. The van der Waals surface area contributed by atoms with Crippen molar-refractivity contribution in [1.82, 2.24) is 19.5 Å². The van der Waals surface area contributed by atoms with Gasteiger partial charge in [-0.25, -0.2) is 19.3 Å². The highest BCUT2D eigenvalue weighted by Crippen LogP contribution is 2.18. The van der Waals surface area contributed by atoms with Crippen molar-refractivity contribution in [2.75, 3.05) is 0 Å². The van der Waals surface area contributed by atoms with Gasteiger partial charge >= 0.3 is 0 Å². The summed E-state index contributed by atoms with van der Waals surface area (Å²) < 4.78 is 15.3. The fourth-order valence-corrected chi connectivity index (χ4v) is 2.75. The monoisotopic (exact) mass is 342 g/mol. The van der Waals surface area contributed by atoms with Crippen molar-refractivity contribution < 1.29 is 4.39 Å². The number of rotatable bonds is 1. The Morgan fingerprint density at radius 3 is 2.58 bits per heavy atom. The Morgan fingerprint density at radius 1 is 0.962 bits per heavy atom. The van der Waals surface area contributed by atoms with Crippen LogP contribution in [0.5, 0.6) is 0 Å². The van der Waals surface area contributed by atoms with Crippen LogP contribution >= 0.6 is 0 Å². The number of benzene rings is 2. The predicted octanol–water partition coefficient (Wildman–Crippen LogP) is 3.88. The largest absolute Gasteiger partial charge is 0.327 e. The lowest BCUT2D eigenvalue weighted by molar-refractivity contribution is 0.629. The van der Waals surface area contributed by atoms with Gasteiger partial charge in [0.25, 0.3) is 0 Å². The van der Waals surface area contributed by atoms with E-state index in [0.29, 0.717) is 28.2 Å². The molecule has 2 heterocycles. The second-order valence-corrected chi connectivity index (χ2v) is 5.97. The van der Waals surface area contributed by atoms with Crippen molar-refractivity contribution in [3.63, 3.8) is 0 Å². The fourth-order valence-electron chi connectivity index (χ4n) is 2.75. The summed E-state index contributed by atoms with van der Waals surface area (Å²) in [7, 11) is 1.90. The molecule has 26 heavy (non-hydrogen) atoms. The van der Waals surface area contributed by atoms with Gasteiger partial charge in [0.2, 0.25) is 5.82 Å². The van der Waals surface area contributed by atoms with Crippen molar-refractivity contribution in [2.45, 2.75) is 6.92 Å². The first-order valence-electron chi connectivity index (χ1n) is 8.15. The van der Waals surface area contributed by atoms with E-state index in [-0.39, 0.29) is 5.82 Å². The number of halogens is 1. The number of fused-ring (bicyclic) bond motifs is 1. The van der Waals surface area contributed by atoms with E-state index in [2.05, 4.69) is 26.8 Å². The maximum absolute atomic E-state index is 13.4. The van der Waals surface area contributed by atoms with Gasteiger partial charge < -0.3 is 4.57 Å². The minimum Gasteiger partial charge on any atom is -0.327 e. The molecule has 4 nitrogen and oxygen atoms in total. The molecule has 2 aromatic carbocycles. The molecule has 0 fully saturated rings. The summed E-state index contributed by atoms with van der Waals surface area (Å²) in [6.07, 6.45) is 1.94. The number of aromatic nitrogens is 4. The molecule has 0 atom stereocenters. The molecule has 0 radical (unpaired) electrons. The van der Waals surface area contributed by atoms with Crippen LogP contribution < -0.4 is 0 Å². The van der Waals surface area contributed by atoms with E-state index in [1.165, 1.54) is 12.1 Å². The molecule has 126 valence electrons. The highest BCUT2D eigenvalue weighted by Gasteiger charge is 2.06. The van der Waals surface area contributed by atoms with Crippen molar-refractivity contribution >= 4 is 10.9 Å². The van der Waals surface area contributed by atoms with Gasteiger partial charge in [0, 0.05) is 29.9 Å². The average molecular weight is 342 g/mol. The van der Waals surface area contributed by atoms with E-state index in [0.717, 1.165) is 11.3 Å². The number of nitrogens with zero attached hydrogens (tertiary/aromatic N) is 4. The summed E-state index contributed by atoms with van der Waals surface area (Å²) in [5.41, 5.74) is 3.27. The summed E-state index contributed by atoms with van der Waals surface area (Å²) >= 11 is 0. The van der Waals surface area contributed by atoms with Crippen molar-refractivity contribution in [3.8, 4) is 23.1 Å². The first-order valence-corrected chi connectivity index (χ1v) is 8.15. The van der Waals surface area contributed by atoms with Gasteiger partial charge in [-0.3, -0.25) is 0 Å². The normalized spacial score (nSPS) is 10.6. The minimum absolute atomic E-state index is 0.301. The van der Waals surface area contributed by atoms with Crippen LogP contribution in [0.4, 0.5) is 4.39 Å². The third-order valence-electron chi connectivity index (χ3n) is 4.08. The molecular formula is C21H15FN4. The molecule has 0 amide bonds. The number of imidazole rings is 1. The first-order chi connectivity index (χ1) is 12.6. The zero-order valence-corrected chi connectivity index (χ0v) is 14.4. The second-order valence-electron chi connectivity index (χ2n) is 5.97. The van der Waals surface area contributed by atoms with E-state index in [1.807, 2.05) is 55.1 Å². The molecule has 0 bridgehead atoms. The smallest absolute Gasteiger partial charge is 0.206 e. The molecule has 0 spiro atoms. The second kappa shape index (κ2) is 6.41. The van der Waals surface area contributed by atoms with Crippen LogP contribution in [-0.2, 0) is 7.05 Å². The number of hydrogen-bond acceptors (Lipinski definition) is 3. The minimum atomic E-state index is -0.301. The van der Waals surface area contributed by atoms with E-state index >= 15 is 0 Å². The van der Waals surface area contributed by atoms with Crippen molar-refractivity contribution in [1.29, 1.82) is 0 Å². The lowest BCUT2D eigenvalue weighted by atomic mass is 10.2. The highest BCUT2D eigenvalue weighted by atomic mass is 19.1. The highest BCUT2D eigenvalue weighted by molar-refractivity contribution is 5.81. The van der Waals surface area contributed by atoms with Crippen LogP contribution in [0.15, 0.2) is 54.7 Å². The quantitative estimate of drug-likeness (QED) is 0.493. The summed E-state index contributed by atoms with van der Waals surface area (Å²) in [6.45, 7) is 1.82. The summed E-state index contributed by atoms with van der Waals surface area (Å²) in [6, 6.07) is 14.4. The molecule has 0 aliphatic heterocycles. The third kappa shape index (κ3) is 3.05. The third-order valence-corrected chi connectivity index (χ3v) is 4.08. The molecular weight excluding hydrogens is 327 g/mol. The molecule has 0 saturated carbocycles. The molecule has 4 aromatic rings. The van der Waals surface area contributed by atoms with Crippen molar-refractivity contribution in [2.24, 2.45) is 7.05 Å². The van der Waals surface area contributed by atoms with Crippen LogP contribution in [0, 0.1) is 24.6 Å². The topological polar surface area (TPSA) is 43.6 Å². The lowest BCUT2D eigenvalue weighted by Crippen LogP contribution is -1.96. The number of aryl methyl sites for hydroxylation is 2. The lowest BCUT2D eigenvalue weighted by Gasteiger charge is -2.01. The maximum Gasteiger partial charge on any atom is 0.206 e. The fraction of sp³-hybridized carbons (Fsp3) is 0.0952. The van der Waals surface area contributed by atoms with Crippen LogP contribution in [0.3, 0.4) is 0 Å². The van der Waals surface area contributed by atoms with Gasteiger partial charge in [0.15, 0.2) is 5.82 Å². The van der Waals surface area contributed by atoms with E-state index < -0.39 is 0 Å². The van der Waals surface area contributed by atoms with Gasteiger partial charge in [-0.1, -0.05) is 30.3 Å². The predicted molar refractivity (Wildman–Crippen MR) is 98.9 cm³/mol. The molecule has 0 N–H and O–H groups in total. The maximum atomic E-state index is 13.4. The van der Waals surface area contributed by atoms with Gasteiger partial charge in [-0.2, -0.15) is 0 Å². The molecule has 0 unspecified atom stereocenters. The van der Waals surface area contributed by atoms with Crippen molar-refractivity contribution in [3.05, 3.63) is 77.9 Å². The number of hydrogen-bond donors (Lipinski definition) is 0. The molecule has 0 aliphatic rings.